The molecule has 0 spiro atoms. The molecule has 1 aliphatic heterocycles. The fourth-order valence-electron chi connectivity index (χ4n) is 8.10. The first-order chi connectivity index (χ1) is 29.8. The molecule has 1 aliphatic rings. The van der Waals surface area contributed by atoms with Crippen LogP contribution >= 0.6 is 0 Å². The van der Waals surface area contributed by atoms with Gasteiger partial charge in [0.25, 0.3) is 11.5 Å². The first-order valence-electron chi connectivity index (χ1n) is 21.4. The number of likely N-dealkylation sites (N-methyl/N-ethyl adjacent to an activating group) is 1. The van der Waals surface area contributed by atoms with E-state index >= 15 is 0 Å². The summed E-state index contributed by atoms with van der Waals surface area (Å²) in [6, 6.07) is 41.3. The van der Waals surface area contributed by atoms with Crippen molar-refractivity contribution in [1.82, 2.24) is 24.9 Å². The molecule has 0 unspecified atom stereocenters. The number of allylic oxidation sites excluding steroid dienone is 1. The highest BCUT2D eigenvalue weighted by Crippen LogP contribution is 2.35. The normalized spacial score (nSPS) is 13.4. The third-order valence-corrected chi connectivity index (χ3v) is 11.5. The molecule has 2 heterocycles. The molecule has 1 N–H and O–H groups in total. The number of carbonyl (C=O) groups excluding carboxylic acids is 2. The number of rotatable bonds is 17. The van der Waals surface area contributed by atoms with Gasteiger partial charge in [0.1, 0.15) is 18.2 Å². The van der Waals surface area contributed by atoms with Crippen LogP contribution in [0.25, 0.3) is 21.9 Å². The molecule has 2 amide bonds. The molecule has 0 atom stereocenters. The summed E-state index contributed by atoms with van der Waals surface area (Å²) in [7, 11) is 2.10. The van der Waals surface area contributed by atoms with Crippen LogP contribution in [-0.2, 0) is 11.2 Å². The number of nitrogens with zero attached hydrogens (tertiary/aromatic N) is 4. The van der Waals surface area contributed by atoms with Crippen molar-refractivity contribution in [3.8, 4) is 5.75 Å². The number of hydrogen-bond acceptors (Lipinski definition) is 6. The lowest BCUT2D eigenvalue weighted by molar-refractivity contribution is -0.132. The molecule has 0 bridgehead atoms. The Kier molecular flexibility index (Phi) is 14.5. The van der Waals surface area contributed by atoms with Crippen molar-refractivity contribution in [2.45, 2.75) is 45.4 Å². The summed E-state index contributed by atoms with van der Waals surface area (Å²) in [5, 5.41) is 8.00. The highest BCUT2D eigenvalue weighted by atomic mass is 19.1. The number of halogens is 1. The number of aromatic amines is 1. The molecule has 61 heavy (non-hydrogen) atoms. The molecule has 1 saturated heterocycles. The quantitative estimate of drug-likeness (QED) is 0.0730. The Labute approximate surface area is 357 Å². The van der Waals surface area contributed by atoms with Crippen LogP contribution in [-0.4, -0.2) is 89.6 Å². The zero-order valence-electron chi connectivity index (χ0n) is 35.1. The Morgan fingerprint density at radius 2 is 1.38 bits per heavy atom. The number of aromatic nitrogens is 2. The van der Waals surface area contributed by atoms with Gasteiger partial charge in [0, 0.05) is 51.0 Å². The minimum Gasteiger partial charge on any atom is -0.492 e. The molecule has 0 radical (unpaired) electrons. The Balaban J connectivity index is 0.811. The van der Waals surface area contributed by atoms with Gasteiger partial charge in [0.15, 0.2) is 0 Å². The van der Waals surface area contributed by atoms with E-state index in [9.17, 15) is 18.8 Å². The van der Waals surface area contributed by atoms with Gasteiger partial charge in [-0.3, -0.25) is 14.4 Å². The zero-order valence-corrected chi connectivity index (χ0v) is 35.1. The summed E-state index contributed by atoms with van der Waals surface area (Å²) < 4.78 is 21.1. The average molecular weight is 820 g/mol. The second-order valence-corrected chi connectivity index (χ2v) is 15.6. The van der Waals surface area contributed by atoms with Gasteiger partial charge in [-0.2, -0.15) is 5.10 Å². The van der Waals surface area contributed by atoms with Gasteiger partial charge in [0.05, 0.1) is 16.6 Å². The second kappa shape index (κ2) is 20.7. The summed E-state index contributed by atoms with van der Waals surface area (Å²) in [6.07, 6.45) is 4.43. The van der Waals surface area contributed by atoms with E-state index in [4.69, 9.17) is 4.74 Å². The number of piperazine rings is 1. The fourth-order valence-corrected chi connectivity index (χ4v) is 8.10. The zero-order chi connectivity index (χ0) is 42.6. The lowest BCUT2D eigenvalue weighted by Gasteiger charge is -2.35. The summed E-state index contributed by atoms with van der Waals surface area (Å²) in [6.45, 7) is 6.03. The maximum atomic E-state index is 15.0. The lowest BCUT2D eigenvalue weighted by Crippen LogP contribution is -2.50. The number of nitrogens with one attached hydrogen (secondary N) is 1. The minimum atomic E-state index is -0.592. The topological polar surface area (TPSA) is 98.8 Å². The van der Waals surface area contributed by atoms with Crippen molar-refractivity contribution >= 4 is 33.7 Å². The second-order valence-electron chi connectivity index (χ2n) is 15.6. The number of amides is 2. The number of H-pyrrole nitrogens is 1. The van der Waals surface area contributed by atoms with Crippen molar-refractivity contribution in [1.29, 1.82) is 0 Å². The molecule has 7 rings (SSSR count). The van der Waals surface area contributed by atoms with Crippen LogP contribution in [0.5, 0.6) is 5.75 Å². The Morgan fingerprint density at radius 1 is 0.738 bits per heavy atom. The van der Waals surface area contributed by atoms with Crippen LogP contribution < -0.4 is 10.3 Å². The molecule has 0 saturated carbocycles. The van der Waals surface area contributed by atoms with Crippen LogP contribution in [0.2, 0.25) is 0 Å². The molecular formula is C51H54FN5O4. The van der Waals surface area contributed by atoms with Crippen LogP contribution in [0.3, 0.4) is 0 Å². The lowest BCUT2D eigenvalue weighted by atomic mass is 9.88. The summed E-state index contributed by atoms with van der Waals surface area (Å²) in [4.78, 5) is 44.4. The van der Waals surface area contributed by atoms with Crippen molar-refractivity contribution in [2.75, 3.05) is 52.9 Å². The van der Waals surface area contributed by atoms with E-state index in [-0.39, 0.29) is 17.0 Å². The van der Waals surface area contributed by atoms with Crippen molar-refractivity contribution < 1.29 is 18.7 Å². The van der Waals surface area contributed by atoms with Gasteiger partial charge in [-0.05, 0) is 96.6 Å². The van der Waals surface area contributed by atoms with Crippen LogP contribution in [0.15, 0.2) is 132 Å². The molecule has 1 fully saturated rings. The molecule has 314 valence electrons. The Hall–Kier alpha value is -6.39. The van der Waals surface area contributed by atoms with E-state index in [0.29, 0.717) is 67.7 Å². The SMILES string of the molecule is CC/C(=C(\c1ccccc1)c1ccc(OCCN(C)CCCCCC(=O)N2CCN(C(=O)c3cc(Cc4n[nH]c(=O)c5ccccc45)ccc3F)CC2)cc1)c1ccccc1. The van der Waals surface area contributed by atoms with E-state index < -0.39 is 11.7 Å². The van der Waals surface area contributed by atoms with Gasteiger partial charge in [0.2, 0.25) is 5.91 Å². The predicted octanol–water partition coefficient (Wildman–Crippen LogP) is 8.88. The van der Waals surface area contributed by atoms with Crippen LogP contribution in [0, 0.1) is 5.82 Å². The number of ether oxygens (including phenoxy) is 1. The van der Waals surface area contributed by atoms with Gasteiger partial charge >= 0.3 is 0 Å². The number of benzene rings is 5. The van der Waals surface area contributed by atoms with E-state index in [1.54, 1.807) is 29.2 Å². The minimum absolute atomic E-state index is 0.00732. The van der Waals surface area contributed by atoms with Crippen molar-refractivity contribution in [2.24, 2.45) is 0 Å². The van der Waals surface area contributed by atoms with E-state index in [1.807, 2.05) is 17.0 Å². The Morgan fingerprint density at radius 3 is 2.08 bits per heavy atom. The number of unbranched alkanes of at least 4 members (excludes halogenated alkanes) is 2. The third-order valence-electron chi connectivity index (χ3n) is 11.5. The summed E-state index contributed by atoms with van der Waals surface area (Å²) in [5.41, 5.74) is 7.20. The summed E-state index contributed by atoms with van der Waals surface area (Å²) in [5.74, 6) is -0.0526. The monoisotopic (exact) mass is 819 g/mol. The predicted molar refractivity (Wildman–Crippen MR) is 241 cm³/mol. The standard InChI is InChI=1S/C51H54FN5O4/c1-3-42(38-15-7-4-8-16-38)49(39-17-9-5-10-18-39)40-23-25-41(26-24-40)61-34-33-55(2)28-14-6-11-21-48(58)56-29-31-57(32-30-56)51(60)45-35-37(22-27-46(45)52)36-47-43-19-12-13-20-44(43)50(59)54-53-47/h4-5,7-10,12-13,15-20,22-27,35H,3,6,11,14,21,28-34,36H2,1-2H3,(H,54,59)/b49-42-. The fraction of sp³-hybridized carbons (Fsp3) is 0.294. The van der Waals surface area contributed by atoms with Crippen LogP contribution in [0.1, 0.15) is 77.3 Å². The first kappa shape index (κ1) is 42.7. The maximum absolute atomic E-state index is 15.0. The van der Waals surface area contributed by atoms with Gasteiger partial charge in [-0.1, -0.05) is 110 Å². The third kappa shape index (κ3) is 10.9. The maximum Gasteiger partial charge on any atom is 0.272 e. The molecule has 9 nitrogen and oxygen atoms in total. The molecular weight excluding hydrogens is 766 g/mol. The average Bonchev–Trinajstić information content (AvgIpc) is 3.30. The largest absolute Gasteiger partial charge is 0.492 e. The summed E-state index contributed by atoms with van der Waals surface area (Å²) >= 11 is 0. The first-order valence-corrected chi connectivity index (χ1v) is 21.4. The highest BCUT2D eigenvalue weighted by molar-refractivity contribution is 5.98. The smallest absolute Gasteiger partial charge is 0.272 e. The molecule has 1 aromatic heterocycles. The van der Waals surface area contributed by atoms with E-state index in [2.05, 4.69) is 114 Å². The number of carbonyl (C=O) groups is 2. The van der Waals surface area contributed by atoms with Crippen molar-refractivity contribution in [3.05, 3.63) is 177 Å². The molecule has 6 aromatic rings. The van der Waals surface area contributed by atoms with Gasteiger partial charge in [-0.15, -0.1) is 0 Å². The van der Waals surface area contributed by atoms with E-state index in [1.165, 1.54) is 28.3 Å². The number of fused-ring (bicyclic) bond motifs is 1. The molecule has 0 aliphatic carbocycles. The molecule has 5 aromatic carbocycles. The number of hydrogen-bond donors (Lipinski definition) is 1. The van der Waals surface area contributed by atoms with Crippen LogP contribution in [0.4, 0.5) is 4.39 Å². The van der Waals surface area contributed by atoms with Gasteiger partial charge < -0.3 is 19.4 Å². The highest BCUT2D eigenvalue weighted by Gasteiger charge is 2.26. The van der Waals surface area contributed by atoms with Gasteiger partial charge in [-0.25, -0.2) is 9.49 Å². The van der Waals surface area contributed by atoms with Crippen molar-refractivity contribution in [3.63, 3.8) is 0 Å². The molecule has 10 heteroatoms. The van der Waals surface area contributed by atoms with E-state index in [0.717, 1.165) is 50.1 Å². The Bertz CT molecular complexity index is 2500.